The SMILES string of the molecule is O=C(O)c1c[nH]cc(CCOc2ccccc2)c1=O. The highest BCUT2D eigenvalue weighted by Crippen LogP contribution is 2.08. The number of benzene rings is 1. The summed E-state index contributed by atoms with van der Waals surface area (Å²) in [5.74, 6) is -0.514. The molecule has 5 heteroatoms. The summed E-state index contributed by atoms with van der Waals surface area (Å²) in [6.45, 7) is 0.316. The van der Waals surface area contributed by atoms with Crippen molar-refractivity contribution in [1.29, 1.82) is 0 Å². The summed E-state index contributed by atoms with van der Waals surface area (Å²) in [5, 5.41) is 8.84. The molecule has 1 heterocycles. The van der Waals surface area contributed by atoms with Gasteiger partial charge in [-0.1, -0.05) is 18.2 Å². The monoisotopic (exact) mass is 259 g/mol. The molecule has 2 aromatic rings. The molecule has 1 aromatic carbocycles. The lowest BCUT2D eigenvalue weighted by Crippen LogP contribution is -2.20. The first-order chi connectivity index (χ1) is 9.18. The quantitative estimate of drug-likeness (QED) is 0.856. The molecule has 2 rings (SSSR count). The topological polar surface area (TPSA) is 79.4 Å². The molecule has 19 heavy (non-hydrogen) atoms. The maximum Gasteiger partial charge on any atom is 0.341 e. The van der Waals surface area contributed by atoms with Gasteiger partial charge in [0.2, 0.25) is 0 Å². The van der Waals surface area contributed by atoms with E-state index in [4.69, 9.17) is 9.84 Å². The summed E-state index contributed by atoms with van der Waals surface area (Å²) < 4.78 is 5.47. The van der Waals surface area contributed by atoms with Gasteiger partial charge in [-0.25, -0.2) is 4.79 Å². The minimum atomic E-state index is -1.23. The number of aromatic amines is 1. The van der Waals surface area contributed by atoms with Crippen molar-refractivity contribution in [2.45, 2.75) is 6.42 Å². The predicted octanol–water partition coefficient (Wildman–Crippen LogP) is 1.69. The van der Waals surface area contributed by atoms with Crippen molar-refractivity contribution < 1.29 is 14.6 Å². The largest absolute Gasteiger partial charge is 0.493 e. The van der Waals surface area contributed by atoms with Gasteiger partial charge in [0.1, 0.15) is 11.3 Å². The Balaban J connectivity index is 2.03. The van der Waals surface area contributed by atoms with Gasteiger partial charge in [0.15, 0.2) is 5.43 Å². The average Bonchev–Trinajstić information content (AvgIpc) is 2.41. The van der Waals surface area contributed by atoms with Crippen molar-refractivity contribution in [3.8, 4) is 5.75 Å². The first-order valence-electron chi connectivity index (χ1n) is 5.79. The number of aromatic carboxylic acids is 1. The van der Waals surface area contributed by atoms with Gasteiger partial charge in [-0.15, -0.1) is 0 Å². The molecule has 0 unspecified atom stereocenters. The maximum absolute atomic E-state index is 11.8. The zero-order valence-electron chi connectivity index (χ0n) is 10.1. The molecule has 0 aliphatic heterocycles. The van der Waals surface area contributed by atoms with E-state index in [9.17, 15) is 9.59 Å². The fraction of sp³-hybridized carbons (Fsp3) is 0.143. The van der Waals surface area contributed by atoms with E-state index in [1.807, 2.05) is 30.3 Å². The van der Waals surface area contributed by atoms with E-state index in [1.54, 1.807) is 0 Å². The molecule has 0 radical (unpaired) electrons. The van der Waals surface area contributed by atoms with Crippen molar-refractivity contribution >= 4 is 5.97 Å². The van der Waals surface area contributed by atoms with Crippen LogP contribution in [0.1, 0.15) is 15.9 Å². The van der Waals surface area contributed by atoms with Gasteiger partial charge in [-0.3, -0.25) is 4.79 Å². The van der Waals surface area contributed by atoms with Crippen LogP contribution in [0.15, 0.2) is 47.5 Å². The Morgan fingerprint density at radius 1 is 1.21 bits per heavy atom. The fourth-order valence-electron chi connectivity index (χ4n) is 1.67. The van der Waals surface area contributed by atoms with Crippen LogP contribution < -0.4 is 10.2 Å². The number of ether oxygens (including phenoxy) is 1. The highest BCUT2D eigenvalue weighted by Gasteiger charge is 2.11. The van der Waals surface area contributed by atoms with E-state index in [0.29, 0.717) is 24.3 Å². The number of para-hydroxylation sites is 1. The number of nitrogens with one attached hydrogen (secondary N) is 1. The van der Waals surface area contributed by atoms with Crippen molar-refractivity contribution in [3.05, 3.63) is 64.1 Å². The lowest BCUT2D eigenvalue weighted by Gasteiger charge is -2.05. The van der Waals surface area contributed by atoms with Crippen LogP contribution >= 0.6 is 0 Å². The summed E-state index contributed by atoms with van der Waals surface area (Å²) in [6.07, 6.45) is 3.04. The lowest BCUT2D eigenvalue weighted by molar-refractivity contribution is 0.0695. The number of hydrogen-bond acceptors (Lipinski definition) is 3. The zero-order chi connectivity index (χ0) is 13.7. The third-order valence-electron chi connectivity index (χ3n) is 2.64. The molecule has 5 nitrogen and oxygen atoms in total. The van der Waals surface area contributed by atoms with Gasteiger partial charge in [-0.2, -0.15) is 0 Å². The minimum absolute atomic E-state index is 0.253. The molecule has 0 amide bonds. The Morgan fingerprint density at radius 2 is 1.95 bits per heavy atom. The van der Waals surface area contributed by atoms with E-state index in [0.717, 1.165) is 0 Å². The number of H-pyrrole nitrogens is 1. The number of aromatic nitrogens is 1. The Morgan fingerprint density at radius 3 is 2.63 bits per heavy atom. The van der Waals surface area contributed by atoms with E-state index < -0.39 is 11.4 Å². The van der Waals surface area contributed by atoms with E-state index in [-0.39, 0.29) is 5.56 Å². The number of hydrogen-bond donors (Lipinski definition) is 2. The van der Waals surface area contributed by atoms with Crippen LogP contribution in [0.25, 0.3) is 0 Å². The van der Waals surface area contributed by atoms with Gasteiger partial charge >= 0.3 is 5.97 Å². The second-order valence-electron chi connectivity index (χ2n) is 3.94. The van der Waals surface area contributed by atoms with Crippen molar-refractivity contribution in [2.24, 2.45) is 0 Å². The van der Waals surface area contributed by atoms with Crippen LogP contribution in [0.3, 0.4) is 0 Å². The van der Waals surface area contributed by atoms with Crippen LogP contribution in [-0.4, -0.2) is 22.7 Å². The van der Waals surface area contributed by atoms with E-state index in [1.165, 1.54) is 12.4 Å². The third kappa shape index (κ3) is 3.22. The third-order valence-corrected chi connectivity index (χ3v) is 2.64. The summed E-state index contributed by atoms with van der Waals surface area (Å²) in [7, 11) is 0. The second-order valence-corrected chi connectivity index (χ2v) is 3.94. The van der Waals surface area contributed by atoms with Crippen LogP contribution in [0.2, 0.25) is 0 Å². The highest BCUT2D eigenvalue weighted by atomic mass is 16.5. The molecule has 0 aliphatic carbocycles. The number of rotatable bonds is 5. The summed E-state index contributed by atoms with van der Waals surface area (Å²) in [4.78, 5) is 25.3. The van der Waals surface area contributed by atoms with Gasteiger partial charge in [0.05, 0.1) is 6.61 Å². The number of carboxylic acids is 1. The van der Waals surface area contributed by atoms with Gasteiger partial charge in [0, 0.05) is 24.4 Å². The normalized spacial score (nSPS) is 10.1. The molecule has 0 saturated heterocycles. The molecule has 0 bridgehead atoms. The molecule has 0 spiro atoms. The molecule has 98 valence electrons. The van der Waals surface area contributed by atoms with Crippen LogP contribution in [-0.2, 0) is 6.42 Å². The van der Waals surface area contributed by atoms with Crippen molar-refractivity contribution in [3.63, 3.8) is 0 Å². The second kappa shape index (κ2) is 5.86. The standard InChI is InChI=1S/C14H13NO4/c16-13-10(8-15-9-12(13)14(17)18)6-7-19-11-4-2-1-3-5-11/h1-5,8-9H,6-7H2,(H,15,16)(H,17,18). The van der Waals surface area contributed by atoms with E-state index >= 15 is 0 Å². The Kier molecular flexibility index (Phi) is 3.97. The first kappa shape index (κ1) is 12.9. The fourth-order valence-corrected chi connectivity index (χ4v) is 1.67. The first-order valence-corrected chi connectivity index (χ1v) is 5.79. The Labute approximate surface area is 109 Å². The number of carbonyl (C=O) groups is 1. The molecular formula is C14H13NO4. The predicted molar refractivity (Wildman–Crippen MR) is 69.7 cm³/mol. The zero-order valence-corrected chi connectivity index (χ0v) is 10.1. The molecule has 0 atom stereocenters. The Bertz CT molecular complexity index is 619. The number of carboxylic acid groups (broad SMARTS) is 1. The molecule has 0 saturated carbocycles. The van der Waals surface area contributed by atoms with Crippen LogP contribution in [0.5, 0.6) is 5.75 Å². The molecule has 1 aromatic heterocycles. The van der Waals surface area contributed by atoms with Gasteiger partial charge in [-0.05, 0) is 12.1 Å². The molecular weight excluding hydrogens is 246 g/mol. The highest BCUT2D eigenvalue weighted by molar-refractivity contribution is 5.87. The number of pyridine rings is 1. The van der Waals surface area contributed by atoms with Crippen LogP contribution in [0.4, 0.5) is 0 Å². The van der Waals surface area contributed by atoms with Gasteiger partial charge in [0.25, 0.3) is 0 Å². The summed E-state index contributed by atoms with van der Waals surface area (Å²) in [6, 6.07) is 9.23. The molecule has 0 fully saturated rings. The summed E-state index contributed by atoms with van der Waals surface area (Å²) >= 11 is 0. The molecule has 2 N–H and O–H groups in total. The Hall–Kier alpha value is -2.56. The van der Waals surface area contributed by atoms with Crippen molar-refractivity contribution in [1.82, 2.24) is 4.98 Å². The maximum atomic E-state index is 11.8. The summed E-state index contributed by atoms with van der Waals surface area (Å²) in [5.41, 5.74) is -0.323. The van der Waals surface area contributed by atoms with E-state index in [2.05, 4.69) is 4.98 Å². The lowest BCUT2D eigenvalue weighted by atomic mass is 10.1. The average molecular weight is 259 g/mol. The van der Waals surface area contributed by atoms with Crippen molar-refractivity contribution in [2.75, 3.05) is 6.61 Å². The molecule has 0 aliphatic rings. The van der Waals surface area contributed by atoms with Crippen LogP contribution in [0, 0.1) is 0 Å². The minimum Gasteiger partial charge on any atom is -0.493 e. The van der Waals surface area contributed by atoms with Gasteiger partial charge < -0.3 is 14.8 Å². The smallest absolute Gasteiger partial charge is 0.341 e.